The van der Waals surface area contributed by atoms with E-state index < -0.39 is 11.5 Å². The van der Waals surface area contributed by atoms with Crippen molar-refractivity contribution in [1.29, 1.82) is 0 Å². The van der Waals surface area contributed by atoms with Gasteiger partial charge >= 0.3 is 5.97 Å². The second kappa shape index (κ2) is 8.21. The second-order valence-corrected chi connectivity index (χ2v) is 6.85. The Balaban J connectivity index is 0.00000225. The van der Waals surface area contributed by atoms with Crippen LogP contribution in [0.4, 0.5) is 0 Å². The van der Waals surface area contributed by atoms with Crippen LogP contribution in [0.1, 0.15) is 57.9 Å². The van der Waals surface area contributed by atoms with E-state index in [1.165, 1.54) is 19.3 Å². The quantitative estimate of drug-likeness (QED) is 0.819. The molecule has 1 saturated carbocycles. The average Bonchev–Trinajstić information content (AvgIpc) is 2.90. The summed E-state index contributed by atoms with van der Waals surface area (Å²) in [6, 6.07) is 9.82. The van der Waals surface area contributed by atoms with Gasteiger partial charge in [-0.25, -0.2) is 10.2 Å². The maximum atomic E-state index is 12.0. The van der Waals surface area contributed by atoms with Gasteiger partial charge in [0, 0.05) is 11.6 Å². The third kappa shape index (κ3) is 3.84. The number of hydrogen-bond acceptors (Lipinski definition) is 4. The van der Waals surface area contributed by atoms with E-state index in [1.807, 2.05) is 44.2 Å². The fourth-order valence-electron chi connectivity index (χ4n) is 3.58. The molecule has 1 unspecified atom stereocenters. The Morgan fingerprint density at radius 3 is 2.48 bits per heavy atom. The number of halogens is 1. The first kappa shape index (κ1) is 19.8. The lowest BCUT2D eigenvalue weighted by Gasteiger charge is -2.36. The Bertz CT molecular complexity index is 629. The number of carboxylic acid groups (broad SMARTS) is 1. The number of nitrogens with zero attached hydrogens (tertiary/aromatic N) is 1. The van der Waals surface area contributed by atoms with Crippen LogP contribution in [0.3, 0.4) is 0 Å². The van der Waals surface area contributed by atoms with E-state index >= 15 is 0 Å². The number of aliphatic carboxylic acids is 1. The van der Waals surface area contributed by atoms with Crippen LogP contribution in [0.5, 0.6) is 0 Å². The summed E-state index contributed by atoms with van der Waals surface area (Å²) in [6.07, 6.45) is 6.53. The summed E-state index contributed by atoms with van der Waals surface area (Å²) in [5, 5.41) is 11.5. The summed E-state index contributed by atoms with van der Waals surface area (Å²) in [5.41, 5.74) is 3.86. The molecule has 2 N–H and O–H groups in total. The largest absolute Gasteiger partial charge is 0.478 e. The van der Waals surface area contributed by atoms with Crippen LogP contribution in [-0.2, 0) is 9.63 Å². The average molecular weight is 367 g/mol. The van der Waals surface area contributed by atoms with Gasteiger partial charge in [0.25, 0.3) is 0 Å². The topological polar surface area (TPSA) is 61.8 Å². The normalized spacial score (nSPS) is 24.7. The van der Waals surface area contributed by atoms with E-state index in [0.717, 1.165) is 18.4 Å². The van der Waals surface area contributed by atoms with E-state index in [4.69, 9.17) is 4.84 Å². The van der Waals surface area contributed by atoms with E-state index in [0.29, 0.717) is 23.8 Å². The molecule has 6 heteroatoms. The van der Waals surface area contributed by atoms with Crippen molar-refractivity contribution >= 4 is 24.1 Å². The van der Waals surface area contributed by atoms with Crippen LogP contribution < -0.4 is 5.43 Å². The first-order valence-electron chi connectivity index (χ1n) is 8.84. The zero-order chi connectivity index (χ0) is 17.2. The van der Waals surface area contributed by atoms with Crippen LogP contribution in [-0.4, -0.2) is 27.8 Å². The van der Waals surface area contributed by atoms with Gasteiger partial charge in [-0.15, -0.1) is 12.4 Å². The highest BCUT2D eigenvalue weighted by atomic mass is 35.5. The Hall–Kier alpha value is -1.56. The molecular weight excluding hydrogens is 340 g/mol. The Kier molecular flexibility index (Phi) is 6.49. The zero-order valence-corrected chi connectivity index (χ0v) is 15.6. The molecule has 0 aromatic heterocycles. The molecule has 0 radical (unpaired) electrons. The van der Waals surface area contributed by atoms with E-state index in [-0.39, 0.29) is 12.4 Å². The number of carbonyl (C=O) groups is 1. The molecule has 5 nitrogen and oxygen atoms in total. The lowest BCUT2D eigenvalue weighted by molar-refractivity contribution is -0.183. The molecule has 1 aromatic rings. The van der Waals surface area contributed by atoms with Crippen molar-refractivity contribution in [3.63, 3.8) is 0 Å². The molecule has 1 fully saturated rings. The molecule has 1 atom stereocenters. The van der Waals surface area contributed by atoms with Gasteiger partial charge in [-0.2, -0.15) is 0 Å². The van der Waals surface area contributed by atoms with Gasteiger partial charge in [0.2, 0.25) is 0 Å². The molecule has 0 bridgehead atoms. The lowest BCUT2D eigenvalue weighted by atomic mass is 9.87. The molecule has 1 aliphatic heterocycles. The molecule has 0 saturated heterocycles. The Morgan fingerprint density at radius 1 is 1.28 bits per heavy atom. The first-order chi connectivity index (χ1) is 11.6. The standard InChI is InChI=1S/C19H26N2O3.ClH/c1-3-19(2)16(18(22)23)17(14-10-6-4-7-11-14)24-21(19)20-15-12-8-5-9-13-15;/h4,6-7,10-11,15,20H,3,5,8-9,12-13H2,1-2H3,(H,22,23);1H. The number of rotatable bonds is 5. The van der Waals surface area contributed by atoms with Crippen molar-refractivity contribution in [1.82, 2.24) is 10.6 Å². The summed E-state index contributed by atoms with van der Waals surface area (Å²) in [6.45, 7) is 3.93. The highest BCUT2D eigenvalue weighted by Crippen LogP contribution is 2.41. The van der Waals surface area contributed by atoms with Crippen LogP contribution >= 0.6 is 12.4 Å². The van der Waals surface area contributed by atoms with Crippen molar-refractivity contribution in [2.75, 3.05) is 0 Å². The van der Waals surface area contributed by atoms with E-state index in [1.54, 1.807) is 5.17 Å². The van der Waals surface area contributed by atoms with E-state index in [9.17, 15) is 9.90 Å². The smallest absolute Gasteiger partial charge is 0.337 e. The Labute approximate surface area is 155 Å². The van der Waals surface area contributed by atoms with Crippen molar-refractivity contribution < 1.29 is 14.7 Å². The highest BCUT2D eigenvalue weighted by Gasteiger charge is 2.49. The fraction of sp³-hybridized carbons (Fsp3) is 0.526. The second-order valence-electron chi connectivity index (χ2n) is 6.85. The van der Waals surface area contributed by atoms with Gasteiger partial charge in [-0.1, -0.05) is 61.7 Å². The van der Waals surface area contributed by atoms with Crippen LogP contribution in [0.25, 0.3) is 5.76 Å². The van der Waals surface area contributed by atoms with Crippen molar-refractivity contribution in [2.45, 2.75) is 64.0 Å². The van der Waals surface area contributed by atoms with Gasteiger partial charge in [-0.05, 0) is 26.2 Å². The van der Waals surface area contributed by atoms with Crippen molar-refractivity contribution in [3.8, 4) is 0 Å². The van der Waals surface area contributed by atoms with Gasteiger partial charge < -0.3 is 9.94 Å². The van der Waals surface area contributed by atoms with Crippen molar-refractivity contribution in [3.05, 3.63) is 41.5 Å². The number of benzene rings is 1. The summed E-state index contributed by atoms with van der Waals surface area (Å²) in [4.78, 5) is 18.1. The predicted molar refractivity (Wildman–Crippen MR) is 99.9 cm³/mol. The third-order valence-corrected chi connectivity index (χ3v) is 5.24. The van der Waals surface area contributed by atoms with Gasteiger partial charge in [0.1, 0.15) is 11.1 Å². The predicted octanol–water partition coefficient (Wildman–Crippen LogP) is 4.16. The number of nitrogens with one attached hydrogen (secondary N) is 1. The number of hydrogen-bond donors (Lipinski definition) is 2. The summed E-state index contributed by atoms with van der Waals surface area (Å²) in [5.74, 6) is -0.484. The molecule has 0 spiro atoms. The van der Waals surface area contributed by atoms with Crippen LogP contribution in [0.15, 0.2) is 35.9 Å². The molecule has 1 heterocycles. The minimum absolute atomic E-state index is 0. The third-order valence-electron chi connectivity index (χ3n) is 5.24. The minimum atomic E-state index is -0.925. The van der Waals surface area contributed by atoms with Crippen LogP contribution in [0.2, 0.25) is 0 Å². The van der Waals surface area contributed by atoms with Crippen molar-refractivity contribution in [2.24, 2.45) is 0 Å². The minimum Gasteiger partial charge on any atom is -0.478 e. The molecule has 2 aliphatic rings. The Morgan fingerprint density at radius 2 is 1.92 bits per heavy atom. The molecule has 0 amide bonds. The molecule has 3 rings (SSSR count). The number of carboxylic acids is 1. The van der Waals surface area contributed by atoms with E-state index in [2.05, 4.69) is 5.43 Å². The maximum Gasteiger partial charge on any atom is 0.337 e. The van der Waals surface area contributed by atoms with Gasteiger partial charge in [-0.3, -0.25) is 0 Å². The zero-order valence-electron chi connectivity index (χ0n) is 14.8. The molecule has 25 heavy (non-hydrogen) atoms. The number of hydroxylamine groups is 1. The molecular formula is C19H27ClN2O3. The SMILES string of the molecule is CCC1(C)C(C(=O)O)=C(c2ccccc2)ON1NC1CCCCC1.Cl. The van der Waals surface area contributed by atoms with Crippen LogP contribution in [0, 0.1) is 0 Å². The van der Waals surface area contributed by atoms with Gasteiger partial charge in [0.05, 0.1) is 0 Å². The first-order valence-corrected chi connectivity index (χ1v) is 8.84. The molecule has 1 aromatic carbocycles. The lowest BCUT2D eigenvalue weighted by Crippen LogP contribution is -2.55. The van der Waals surface area contributed by atoms with Gasteiger partial charge in [0.15, 0.2) is 5.76 Å². The highest BCUT2D eigenvalue weighted by molar-refractivity contribution is 5.98. The molecule has 138 valence electrons. The fourth-order valence-corrected chi connectivity index (χ4v) is 3.58. The monoisotopic (exact) mass is 366 g/mol. The summed E-state index contributed by atoms with van der Waals surface area (Å²) >= 11 is 0. The number of hydrazine groups is 1. The molecule has 1 aliphatic carbocycles. The summed E-state index contributed by atoms with van der Waals surface area (Å²) in [7, 11) is 0. The maximum absolute atomic E-state index is 12.0. The summed E-state index contributed by atoms with van der Waals surface area (Å²) < 4.78 is 0.